The Kier molecular flexibility index (Phi) is 3.49. The monoisotopic (exact) mass is 253 g/mol. The van der Waals surface area contributed by atoms with Gasteiger partial charge in [-0.25, -0.2) is 8.78 Å². The minimum absolute atomic E-state index is 0.260. The molecule has 0 unspecified atom stereocenters. The summed E-state index contributed by atoms with van der Waals surface area (Å²) in [6, 6.07) is 5.17. The number of nitrogens with one attached hydrogen (secondary N) is 1. The smallest absolute Gasteiger partial charge is 0.257 e. The zero-order chi connectivity index (χ0) is 12.3. The fraction of sp³-hybridized carbons (Fsp3) is 0.0833. The molecular formula is C12H9F2NOS. The van der Waals surface area contributed by atoms with E-state index in [1.54, 1.807) is 0 Å². The molecule has 2 aromatic rings. The Bertz CT molecular complexity index is 505. The van der Waals surface area contributed by atoms with Crippen LogP contribution in [0.3, 0.4) is 0 Å². The highest BCUT2D eigenvalue weighted by atomic mass is 32.1. The number of hydrogen-bond donors (Lipinski definition) is 1. The lowest BCUT2D eigenvalue weighted by Gasteiger charge is -2.05. The predicted octanol–water partition coefficient (Wildman–Crippen LogP) is 2.96. The Hall–Kier alpha value is -1.75. The van der Waals surface area contributed by atoms with Crippen LogP contribution in [0.5, 0.6) is 0 Å². The largest absolute Gasteiger partial charge is 0.348 e. The number of amides is 1. The maximum Gasteiger partial charge on any atom is 0.257 e. The van der Waals surface area contributed by atoms with Crippen molar-refractivity contribution in [3.8, 4) is 0 Å². The molecule has 17 heavy (non-hydrogen) atoms. The van der Waals surface area contributed by atoms with Gasteiger partial charge in [-0.05, 0) is 34.5 Å². The number of benzene rings is 1. The summed E-state index contributed by atoms with van der Waals surface area (Å²) < 4.78 is 26.5. The van der Waals surface area contributed by atoms with Gasteiger partial charge in [0.05, 0.1) is 0 Å². The predicted molar refractivity (Wildman–Crippen MR) is 61.8 cm³/mol. The molecule has 1 aromatic carbocycles. The molecule has 0 bridgehead atoms. The molecule has 1 heterocycles. The van der Waals surface area contributed by atoms with Gasteiger partial charge in [0.15, 0.2) is 0 Å². The van der Waals surface area contributed by atoms with Gasteiger partial charge in [0, 0.05) is 6.54 Å². The average molecular weight is 253 g/mol. The first-order valence-corrected chi connectivity index (χ1v) is 5.86. The van der Waals surface area contributed by atoms with Crippen molar-refractivity contribution >= 4 is 17.2 Å². The normalized spacial score (nSPS) is 10.2. The van der Waals surface area contributed by atoms with Crippen molar-refractivity contribution in [2.75, 3.05) is 0 Å². The van der Waals surface area contributed by atoms with E-state index in [1.807, 2.05) is 16.8 Å². The molecule has 1 amide bonds. The number of rotatable bonds is 3. The molecule has 1 aromatic heterocycles. The maximum absolute atomic E-state index is 13.3. The molecule has 2 rings (SSSR count). The van der Waals surface area contributed by atoms with Crippen LogP contribution in [0.4, 0.5) is 8.78 Å². The van der Waals surface area contributed by atoms with Crippen LogP contribution in [0.25, 0.3) is 0 Å². The van der Waals surface area contributed by atoms with Crippen LogP contribution in [0.1, 0.15) is 15.9 Å². The highest BCUT2D eigenvalue weighted by molar-refractivity contribution is 7.07. The third-order valence-electron chi connectivity index (χ3n) is 2.22. The van der Waals surface area contributed by atoms with Crippen LogP contribution in [-0.4, -0.2) is 5.91 Å². The molecule has 0 saturated carbocycles. The molecule has 0 aliphatic heterocycles. The van der Waals surface area contributed by atoms with Gasteiger partial charge in [0.2, 0.25) is 0 Å². The Morgan fingerprint density at radius 3 is 2.53 bits per heavy atom. The second-order valence-electron chi connectivity index (χ2n) is 3.41. The van der Waals surface area contributed by atoms with Gasteiger partial charge in [-0.2, -0.15) is 11.3 Å². The molecule has 0 spiro atoms. The molecule has 88 valence electrons. The van der Waals surface area contributed by atoms with Crippen molar-refractivity contribution in [2.45, 2.75) is 6.54 Å². The molecule has 0 aliphatic carbocycles. The zero-order valence-electron chi connectivity index (χ0n) is 8.74. The lowest BCUT2D eigenvalue weighted by Crippen LogP contribution is -2.24. The van der Waals surface area contributed by atoms with Gasteiger partial charge in [-0.3, -0.25) is 4.79 Å². The van der Waals surface area contributed by atoms with E-state index in [0.29, 0.717) is 0 Å². The molecular weight excluding hydrogens is 244 g/mol. The molecule has 0 atom stereocenters. The number of carbonyl (C=O) groups is 1. The first-order chi connectivity index (χ1) is 8.18. The summed E-state index contributed by atoms with van der Waals surface area (Å²) in [5, 5.41) is 6.20. The standard InChI is InChI=1S/C12H9F2NOS/c13-9-2-1-3-10(14)11(9)12(16)15-6-8-4-5-17-7-8/h1-5,7H,6H2,(H,15,16). The van der Waals surface area contributed by atoms with Crippen molar-refractivity contribution in [3.63, 3.8) is 0 Å². The topological polar surface area (TPSA) is 29.1 Å². The van der Waals surface area contributed by atoms with Crippen LogP contribution in [-0.2, 0) is 6.54 Å². The molecule has 0 fully saturated rings. The Morgan fingerprint density at radius 2 is 1.94 bits per heavy atom. The molecule has 0 radical (unpaired) electrons. The van der Waals surface area contributed by atoms with Gasteiger partial charge in [-0.1, -0.05) is 6.07 Å². The SMILES string of the molecule is O=C(NCc1ccsc1)c1c(F)cccc1F. The van der Waals surface area contributed by atoms with Crippen LogP contribution in [0, 0.1) is 11.6 Å². The quantitative estimate of drug-likeness (QED) is 0.895. The van der Waals surface area contributed by atoms with Crippen molar-refractivity contribution in [2.24, 2.45) is 0 Å². The summed E-state index contributed by atoms with van der Waals surface area (Å²) in [7, 11) is 0. The Morgan fingerprint density at radius 1 is 1.24 bits per heavy atom. The van der Waals surface area contributed by atoms with Crippen molar-refractivity contribution in [1.29, 1.82) is 0 Å². The number of hydrogen-bond acceptors (Lipinski definition) is 2. The first-order valence-electron chi connectivity index (χ1n) is 4.92. The maximum atomic E-state index is 13.3. The van der Waals surface area contributed by atoms with Crippen molar-refractivity contribution in [1.82, 2.24) is 5.32 Å². The molecule has 2 nitrogen and oxygen atoms in total. The van der Waals surface area contributed by atoms with Crippen LogP contribution in [0.15, 0.2) is 35.0 Å². The molecule has 5 heteroatoms. The lowest BCUT2D eigenvalue weighted by molar-refractivity contribution is 0.0942. The fourth-order valence-corrected chi connectivity index (χ4v) is 2.05. The van der Waals surface area contributed by atoms with Crippen LogP contribution in [0.2, 0.25) is 0 Å². The molecule has 0 saturated heterocycles. The van der Waals surface area contributed by atoms with E-state index in [-0.39, 0.29) is 6.54 Å². The summed E-state index contributed by atoms with van der Waals surface area (Å²) in [5.41, 5.74) is 0.364. The fourth-order valence-electron chi connectivity index (χ4n) is 1.38. The first kappa shape index (κ1) is 11.7. The van der Waals surface area contributed by atoms with Crippen LogP contribution < -0.4 is 5.32 Å². The summed E-state index contributed by atoms with van der Waals surface area (Å²) in [5.74, 6) is -2.45. The second-order valence-corrected chi connectivity index (χ2v) is 4.19. The van der Waals surface area contributed by atoms with E-state index < -0.39 is 23.1 Å². The van der Waals surface area contributed by atoms with E-state index in [0.717, 1.165) is 17.7 Å². The third kappa shape index (κ3) is 2.68. The van der Waals surface area contributed by atoms with Crippen molar-refractivity contribution < 1.29 is 13.6 Å². The Balaban J connectivity index is 2.10. The average Bonchev–Trinajstić information content (AvgIpc) is 2.79. The minimum atomic E-state index is -0.854. The van der Waals surface area contributed by atoms with E-state index in [2.05, 4.69) is 5.32 Å². The van der Waals surface area contributed by atoms with Gasteiger partial charge >= 0.3 is 0 Å². The summed E-state index contributed by atoms with van der Waals surface area (Å²) in [6.07, 6.45) is 0. The minimum Gasteiger partial charge on any atom is -0.348 e. The molecule has 1 N–H and O–H groups in total. The molecule has 0 aliphatic rings. The number of thiophene rings is 1. The summed E-state index contributed by atoms with van der Waals surface area (Å²) in [6.45, 7) is 0.260. The van der Waals surface area contributed by atoms with Gasteiger partial charge in [0.1, 0.15) is 17.2 Å². The Labute approximate surface area is 101 Å². The number of halogens is 2. The highest BCUT2D eigenvalue weighted by Gasteiger charge is 2.16. The zero-order valence-corrected chi connectivity index (χ0v) is 9.56. The second kappa shape index (κ2) is 5.05. The highest BCUT2D eigenvalue weighted by Crippen LogP contribution is 2.12. The lowest BCUT2D eigenvalue weighted by atomic mass is 10.2. The number of carbonyl (C=O) groups excluding carboxylic acids is 1. The van der Waals surface area contributed by atoms with E-state index in [1.165, 1.54) is 17.4 Å². The van der Waals surface area contributed by atoms with Gasteiger partial charge in [0.25, 0.3) is 5.91 Å². The van der Waals surface area contributed by atoms with Crippen molar-refractivity contribution in [3.05, 3.63) is 57.8 Å². The van der Waals surface area contributed by atoms with E-state index in [9.17, 15) is 13.6 Å². The third-order valence-corrected chi connectivity index (χ3v) is 2.96. The van der Waals surface area contributed by atoms with E-state index in [4.69, 9.17) is 0 Å². The van der Waals surface area contributed by atoms with Crippen LogP contribution >= 0.6 is 11.3 Å². The summed E-state index contributed by atoms with van der Waals surface area (Å²) >= 11 is 1.49. The van der Waals surface area contributed by atoms with E-state index >= 15 is 0 Å². The summed E-state index contributed by atoms with van der Waals surface area (Å²) in [4.78, 5) is 11.6. The van der Waals surface area contributed by atoms with Gasteiger partial charge < -0.3 is 5.32 Å². The van der Waals surface area contributed by atoms with Gasteiger partial charge in [-0.15, -0.1) is 0 Å².